The number of nitrogens with one attached hydrogen (secondary N) is 1. The number of carbonyl (C=O) groups is 2. The number of piperidine rings is 1. The number of rotatable bonds is 4. The monoisotopic (exact) mass is 276 g/mol. The van der Waals surface area contributed by atoms with Crippen LogP contribution in [0.25, 0.3) is 0 Å². The fourth-order valence-electron chi connectivity index (χ4n) is 3.11. The number of amides is 2. The smallest absolute Gasteiger partial charge is 0.257 e. The number of aromatic amines is 1. The van der Waals surface area contributed by atoms with E-state index >= 15 is 0 Å². The third kappa shape index (κ3) is 2.42. The highest BCUT2D eigenvalue weighted by molar-refractivity contribution is 5.94. The molecule has 3 N–H and O–H groups in total. The van der Waals surface area contributed by atoms with Crippen LogP contribution in [0.5, 0.6) is 0 Å². The summed E-state index contributed by atoms with van der Waals surface area (Å²) in [6, 6.07) is 0. The predicted octanol–water partition coefficient (Wildman–Crippen LogP) is 0.917. The predicted molar refractivity (Wildman–Crippen MR) is 72.7 cm³/mol. The maximum Gasteiger partial charge on any atom is 0.257 e. The fourth-order valence-corrected chi connectivity index (χ4v) is 3.11. The number of aromatic nitrogens is 2. The second-order valence-electron chi connectivity index (χ2n) is 6.07. The number of likely N-dealkylation sites (tertiary alicyclic amines) is 1. The van der Waals surface area contributed by atoms with Gasteiger partial charge in [0.1, 0.15) is 0 Å². The van der Waals surface area contributed by atoms with E-state index < -0.39 is 5.41 Å². The number of primary amides is 1. The molecule has 1 aromatic rings. The summed E-state index contributed by atoms with van der Waals surface area (Å²) in [6.07, 6.45) is 7.82. The molecule has 1 aromatic heterocycles. The Labute approximate surface area is 117 Å². The van der Waals surface area contributed by atoms with E-state index in [2.05, 4.69) is 10.2 Å². The Kier molecular flexibility index (Phi) is 3.23. The second-order valence-corrected chi connectivity index (χ2v) is 6.07. The van der Waals surface area contributed by atoms with Crippen LogP contribution in [0.2, 0.25) is 0 Å². The van der Waals surface area contributed by atoms with Gasteiger partial charge in [0.2, 0.25) is 5.91 Å². The lowest BCUT2D eigenvalue weighted by Gasteiger charge is -2.39. The van der Waals surface area contributed by atoms with Crippen molar-refractivity contribution in [2.24, 2.45) is 17.1 Å². The lowest BCUT2D eigenvalue weighted by molar-refractivity contribution is -0.131. The maximum atomic E-state index is 12.2. The van der Waals surface area contributed by atoms with Crippen LogP contribution in [0.4, 0.5) is 0 Å². The molecule has 1 aliphatic carbocycles. The molecule has 0 bridgehead atoms. The average molecular weight is 276 g/mol. The topological polar surface area (TPSA) is 92.1 Å². The van der Waals surface area contributed by atoms with E-state index in [9.17, 15) is 9.59 Å². The summed E-state index contributed by atoms with van der Waals surface area (Å²) in [5.74, 6) is 0.446. The van der Waals surface area contributed by atoms with E-state index in [1.54, 1.807) is 11.1 Å². The van der Waals surface area contributed by atoms with Crippen LogP contribution >= 0.6 is 0 Å². The Hall–Kier alpha value is -1.85. The van der Waals surface area contributed by atoms with E-state index in [4.69, 9.17) is 5.73 Å². The van der Waals surface area contributed by atoms with Crippen molar-refractivity contribution in [1.29, 1.82) is 0 Å². The number of hydrogen-bond acceptors (Lipinski definition) is 3. The first-order valence-corrected chi connectivity index (χ1v) is 7.19. The van der Waals surface area contributed by atoms with Crippen LogP contribution in [0.3, 0.4) is 0 Å². The first kappa shape index (κ1) is 13.1. The van der Waals surface area contributed by atoms with Gasteiger partial charge < -0.3 is 10.6 Å². The summed E-state index contributed by atoms with van der Waals surface area (Å²) in [5.41, 5.74) is 5.81. The lowest BCUT2D eigenvalue weighted by Crippen LogP contribution is -2.49. The van der Waals surface area contributed by atoms with Crippen molar-refractivity contribution in [1.82, 2.24) is 15.1 Å². The Morgan fingerprint density at radius 2 is 2.10 bits per heavy atom. The van der Waals surface area contributed by atoms with Gasteiger partial charge in [0.05, 0.1) is 17.2 Å². The highest BCUT2D eigenvalue weighted by Gasteiger charge is 2.44. The third-order valence-electron chi connectivity index (χ3n) is 4.65. The van der Waals surface area contributed by atoms with Crippen molar-refractivity contribution in [3.8, 4) is 0 Å². The Balaban J connectivity index is 1.65. The van der Waals surface area contributed by atoms with E-state index in [0.29, 0.717) is 37.4 Å². The molecule has 2 heterocycles. The highest BCUT2D eigenvalue weighted by Crippen LogP contribution is 2.45. The number of carbonyl (C=O) groups excluding carboxylic acids is 2. The van der Waals surface area contributed by atoms with Gasteiger partial charge in [-0.25, -0.2) is 0 Å². The Morgan fingerprint density at radius 1 is 1.40 bits per heavy atom. The molecule has 0 spiro atoms. The van der Waals surface area contributed by atoms with Gasteiger partial charge in [0.15, 0.2) is 0 Å². The summed E-state index contributed by atoms with van der Waals surface area (Å²) in [5, 5.41) is 6.44. The number of nitrogens with two attached hydrogens (primary N) is 1. The average Bonchev–Trinajstić information content (AvgIpc) is 3.08. The van der Waals surface area contributed by atoms with Gasteiger partial charge >= 0.3 is 0 Å². The molecule has 20 heavy (non-hydrogen) atoms. The molecule has 2 fully saturated rings. The van der Waals surface area contributed by atoms with Crippen LogP contribution in [0.1, 0.15) is 42.5 Å². The van der Waals surface area contributed by atoms with Gasteiger partial charge in [-0.1, -0.05) is 12.8 Å². The largest absolute Gasteiger partial charge is 0.369 e. The molecule has 108 valence electrons. The minimum absolute atomic E-state index is 0.0248. The van der Waals surface area contributed by atoms with E-state index in [-0.39, 0.29) is 11.8 Å². The molecule has 3 rings (SSSR count). The van der Waals surface area contributed by atoms with Crippen molar-refractivity contribution in [2.45, 2.75) is 32.1 Å². The van der Waals surface area contributed by atoms with Crippen LogP contribution in [-0.4, -0.2) is 40.0 Å². The van der Waals surface area contributed by atoms with Gasteiger partial charge in [0, 0.05) is 19.3 Å². The van der Waals surface area contributed by atoms with Crippen molar-refractivity contribution in [3.63, 3.8) is 0 Å². The molecule has 1 saturated heterocycles. The molecule has 1 aliphatic heterocycles. The molecular formula is C14H20N4O2. The van der Waals surface area contributed by atoms with E-state index in [0.717, 1.165) is 6.42 Å². The molecule has 1 saturated carbocycles. The summed E-state index contributed by atoms with van der Waals surface area (Å²) in [6.45, 7) is 1.19. The molecule has 2 amide bonds. The van der Waals surface area contributed by atoms with Crippen LogP contribution in [0, 0.1) is 11.3 Å². The number of hydrogen-bond donors (Lipinski definition) is 2. The highest BCUT2D eigenvalue weighted by atomic mass is 16.2. The first-order chi connectivity index (χ1) is 9.61. The number of H-pyrrole nitrogens is 1. The zero-order chi connectivity index (χ0) is 14.2. The molecule has 6 nitrogen and oxygen atoms in total. The van der Waals surface area contributed by atoms with Crippen molar-refractivity contribution >= 4 is 11.8 Å². The zero-order valence-electron chi connectivity index (χ0n) is 11.5. The summed E-state index contributed by atoms with van der Waals surface area (Å²) < 4.78 is 0. The fraction of sp³-hybridized carbons (Fsp3) is 0.643. The van der Waals surface area contributed by atoms with E-state index in [1.807, 2.05) is 0 Å². The lowest BCUT2D eigenvalue weighted by atomic mass is 9.73. The quantitative estimate of drug-likeness (QED) is 0.856. The third-order valence-corrected chi connectivity index (χ3v) is 4.65. The standard InChI is InChI=1S/C14H20N4O2/c15-13(20)14(7-10-1-2-10)3-5-18(6-4-14)12(19)11-8-16-17-9-11/h8-10H,1-7H2,(H2,15,20)(H,16,17). The molecule has 0 radical (unpaired) electrons. The zero-order valence-corrected chi connectivity index (χ0v) is 11.5. The van der Waals surface area contributed by atoms with Gasteiger partial charge in [-0.2, -0.15) is 5.10 Å². The van der Waals surface area contributed by atoms with Gasteiger partial charge in [0.25, 0.3) is 5.91 Å². The van der Waals surface area contributed by atoms with Crippen LogP contribution in [0.15, 0.2) is 12.4 Å². The van der Waals surface area contributed by atoms with Crippen molar-refractivity contribution < 1.29 is 9.59 Å². The Morgan fingerprint density at radius 3 is 2.60 bits per heavy atom. The summed E-state index contributed by atoms with van der Waals surface area (Å²) in [7, 11) is 0. The second kappa shape index (κ2) is 4.92. The summed E-state index contributed by atoms with van der Waals surface area (Å²) in [4.78, 5) is 25.9. The Bertz CT molecular complexity index is 499. The van der Waals surface area contributed by atoms with Gasteiger partial charge in [-0.3, -0.25) is 14.7 Å². The SMILES string of the molecule is NC(=O)C1(CC2CC2)CCN(C(=O)c2cn[nH]c2)CC1. The van der Waals surface area contributed by atoms with Gasteiger partial charge in [-0.05, 0) is 25.2 Å². The minimum Gasteiger partial charge on any atom is -0.369 e. The minimum atomic E-state index is -0.395. The molecule has 2 aliphatic rings. The maximum absolute atomic E-state index is 12.2. The van der Waals surface area contributed by atoms with Crippen molar-refractivity contribution in [3.05, 3.63) is 18.0 Å². The summed E-state index contributed by atoms with van der Waals surface area (Å²) >= 11 is 0. The molecule has 0 atom stereocenters. The van der Waals surface area contributed by atoms with Gasteiger partial charge in [-0.15, -0.1) is 0 Å². The normalized spacial score (nSPS) is 21.7. The molecule has 0 aromatic carbocycles. The molecule has 6 heteroatoms. The van der Waals surface area contributed by atoms with Crippen LogP contribution in [-0.2, 0) is 4.79 Å². The van der Waals surface area contributed by atoms with Crippen LogP contribution < -0.4 is 5.73 Å². The first-order valence-electron chi connectivity index (χ1n) is 7.19. The van der Waals surface area contributed by atoms with E-state index in [1.165, 1.54) is 19.0 Å². The molecule has 0 unspecified atom stereocenters. The number of nitrogens with zero attached hydrogens (tertiary/aromatic N) is 2. The van der Waals surface area contributed by atoms with Crippen molar-refractivity contribution in [2.75, 3.05) is 13.1 Å². The molecular weight excluding hydrogens is 256 g/mol.